The van der Waals surface area contributed by atoms with Gasteiger partial charge in [-0.15, -0.1) is 0 Å². The van der Waals surface area contributed by atoms with Gasteiger partial charge in [0.2, 0.25) is 5.91 Å². The van der Waals surface area contributed by atoms with Gasteiger partial charge in [-0.05, 0) is 56.3 Å². The van der Waals surface area contributed by atoms with Crippen molar-refractivity contribution < 1.29 is 14.4 Å². The molecule has 136 valence electrons. The predicted molar refractivity (Wildman–Crippen MR) is 102 cm³/mol. The van der Waals surface area contributed by atoms with E-state index in [0.29, 0.717) is 35.6 Å². The number of anilines is 2. The lowest BCUT2D eigenvalue weighted by Crippen LogP contribution is -2.30. The Labute approximate surface area is 153 Å². The van der Waals surface area contributed by atoms with Gasteiger partial charge in [0.25, 0.3) is 11.8 Å². The molecule has 2 aromatic rings. The molecule has 0 bridgehead atoms. The Morgan fingerprint density at radius 2 is 1.50 bits per heavy atom. The zero-order chi connectivity index (χ0) is 19.1. The molecule has 0 saturated carbocycles. The Morgan fingerprint density at radius 3 is 2.08 bits per heavy atom. The van der Waals surface area contributed by atoms with Gasteiger partial charge in [0.05, 0.1) is 0 Å². The molecule has 0 heterocycles. The minimum atomic E-state index is -0.285. The van der Waals surface area contributed by atoms with Crippen LogP contribution in [-0.4, -0.2) is 35.7 Å². The third-order valence-electron chi connectivity index (χ3n) is 3.89. The van der Waals surface area contributed by atoms with E-state index in [9.17, 15) is 14.4 Å². The molecular weight excluding hydrogens is 330 g/mol. The molecule has 0 aliphatic carbocycles. The molecule has 6 heteroatoms. The van der Waals surface area contributed by atoms with E-state index >= 15 is 0 Å². The van der Waals surface area contributed by atoms with E-state index in [-0.39, 0.29) is 17.7 Å². The molecule has 0 aliphatic heterocycles. The number of benzene rings is 2. The second-order valence-corrected chi connectivity index (χ2v) is 5.77. The molecule has 0 aliphatic rings. The lowest BCUT2D eigenvalue weighted by molar-refractivity contribution is -0.114. The monoisotopic (exact) mass is 353 g/mol. The Hall–Kier alpha value is -3.15. The van der Waals surface area contributed by atoms with Gasteiger partial charge >= 0.3 is 0 Å². The number of nitrogens with zero attached hydrogens (tertiary/aromatic N) is 1. The molecule has 0 unspecified atom stereocenters. The third kappa shape index (κ3) is 4.92. The predicted octanol–water partition coefficient (Wildman–Crippen LogP) is 3.38. The maximum atomic E-state index is 12.4. The molecule has 3 amide bonds. The number of hydrogen-bond acceptors (Lipinski definition) is 3. The number of rotatable bonds is 6. The van der Waals surface area contributed by atoms with E-state index in [2.05, 4.69) is 10.6 Å². The molecule has 0 atom stereocenters. The first kappa shape index (κ1) is 19.2. The Bertz CT molecular complexity index is 796. The van der Waals surface area contributed by atoms with Gasteiger partial charge < -0.3 is 15.5 Å². The van der Waals surface area contributed by atoms with Crippen molar-refractivity contribution in [2.24, 2.45) is 0 Å². The van der Waals surface area contributed by atoms with Crippen molar-refractivity contribution in [2.75, 3.05) is 23.7 Å². The van der Waals surface area contributed by atoms with E-state index in [1.165, 1.54) is 6.92 Å². The standard InChI is InChI=1S/C20H23N3O3/c1-4-23(5-2)20(26)16-7-6-8-18(13-16)22-19(25)15-9-11-17(12-10-15)21-14(3)24/h6-13H,4-5H2,1-3H3,(H,21,24)(H,22,25). The quantitative estimate of drug-likeness (QED) is 0.836. The zero-order valence-corrected chi connectivity index (χ0v) is 15.2. The number of nitrogens with one attached hydrogen (secondary N) is 2. The highest BCUT2D eigenvalue weighted by atomic mass is 16.2. The summed E-state index contributed by atoms with van der Waals surface area (Å²) in [7, 11) is 0. The lowest BCUT2D eigenvalue weighted by atomic mass is 10.1. The first-order valence-corrected chi connectivity index (χ1v) is 8.53. The molecule has 0 aromatic heterocycles. The van der Waals surface area contributed by atoms with Crippen LogP contribution in [0.3, 0.4) is 0 Å². The van der Waals surface area contributed by atoms with Crippen LogP contribution < -0.4 is 10.6 Å². The Kier molecular flexibility index (Phi) is 6.49. The summed E-state index contributed by atoms with van der Waals surface area (Å²) in [5.41, 5.74) is 2.17. The SMILES string of the molecule is CCN(CC)C(=O)c1cccc(NC(=O)c2ccc(NC(C)=O)cc2)c1. The third-order valence-corrected chi connectivity index (χ3v) is 3.89. The van der Waals surface area contributed by atoms with E-state index in [4.69, 9.17) is 0 Å². The minimum absolute atomic E-state index is 0.0641. The molecule has 0 spiro atoms. The topological polar surface area (TPSA) is 78.5 Å². The van der Waals surface area contributed by atoms with Crippen LogP contribution in [0.25, 0.3) is 0 Å². The largest absolute Gasteiger partial charge is 0.339 e. The first-order chi connectivity index (χ1) is 12.4. The smallest absolute Gasteiger partial charge is 0.255 e. The highest BCUT2D eigenvalue weighted by Crippen LogP contribution is 2.15. The summed E-state index contributed by atoms with van der Waals surface area (Å²) in [6.07, 6.45) is 0. The minimum Gasteiger partial charge on any atom is -0.339 e. The fourth-order valence-electron chi connectivity index (χ4n) is 2.53. The highest BCUT2D eigenvalue weighted by Gasteiger charge is 2.13. The number of carbonyl (C=O) groups is 3. The maximum Gasteiger partial charge on any atom is 0.255 e. The molecule has 2 N–H and O–H groups in total. The molecule has 2 rings (SSSR count). The number of amides is 3. The first-order valence-electron chi connectivity index (χ1n) is 8.53. The van der Waals surface area contributed by atoms with E-state index in [1.807, 2.05) is 13.8 Å². The molecule has 2 aromatic carbocycles. The van der Waals surface area contributed by atoms with Crippen LogP contribution in [0.15, 0.2) is 48.5 Å². The molecular formula is C20H23N3O3. The van der Waals surface area contributed by atoms with Gasteiger partial charge in [-0.3, -0.25) is 14.4 Å². The van der Waals surface area contributed by atoms with Crippen LogP contribution in [0, 0.1) is 0 Å². The Balaban J connectivity index is 2.10. The molecule has 6 nitrogen and oxygen atoms in total. The fourth-order valence-corrected chi connectivity index (χ4v) is 2.53. The summed E-state index contributed by atoms with van der Waals surface area (Å²) in [5, 5.41) is 5.44. The van der Waals surface area contributed by atoms with E-state index < -0.39 is 0 Å². The van der Waals surface area contributed by atoms with Crippen LogP contribution in [0.1, 0.15) is 41.5 Å². The van der Waals surface area contributed by atoms with Gasteiger partial charge in [0.15, 0.2) is 0 Å². The van der Waals surface area contributed by atoms with Crippen LogP contribution in [0.4, 0.5) is 11.4 Å². The molecule has 0 radical (unpaired) electrons. The second-order valence-electron chi connectivity index (χ2n) is 5.77. The molecule has 0 saturated heterocycles. The Morgan fingerprint density at radius 1 is 0.846 bits per heavy atom. The van der Waals surface area contributed by atoms with E-state index in [1.54, 1.807) is 53.4 Å². The van der Waals surface area contributed by atoms with Gasteiger partial charge in [-0.1, -0.05) is 6.07 Å². The van der Waals surface area contributed by atoms with Crippen molar-refractivity contribution >= 4 is 29.1 Å². The van der Waals surface area contributed by atoms with Gasteiger partial charge in [0, 0.05) is 42.5 Å². The summed E-state index contributed by atoms with van der Waals surface area (Å²) in [5.74, 6) is -0.519. The summed E-state index contributed by atoms with van der Waals surface area (Å²) in [6, 6.07) is 13.5. The summed E-state index contributed by atoms with van der Waals surface area (Å²) >= 11 is 0. The van der Waals surface area contributed by atoms with Gasteiger partial charge in [-0.2, -0.15) is 0 Å². The van der Waals surface area contributed by atoms with Crippen molar-refractivity contribution in [1.29, 1.82) is 0 Å². The second kappa shape index (κ2) is 8.80. The van der Waals surface area contributed by atoms with Crippen LogP contribution >= 0.6 is 0 Å². The van der Waals surface area contributed by atoms with Crippen molar-refractivity contribution in [1.82, 2.24) is 4.90 Å². The van der Waals surface area contributed by atoms with E-state index in [0.717, 1.165) is 0 Å². The van der Waals surface area contributed by atoms with Gasteiger partial charge in [0.1, 0.15) is 0 Å². The average molecular weight is 353 g/mol. The zero-order valence-electron chi connectivity index (χ0n) is 15.2. The number of hydrogen-bond donors (Lipinski definition) is 2. The average Bonchev–Trinajstić information content (AvgIpc) is 2.63. The summed E-state index contributed by atoms with van der Waals surface area (Å²) in [4.78, 5) is 37.6. The molecule has 26 heavy (non-hydrogen) atoms. The van der Waals surface area contributed by atoms with Crippen LogP contribution in [-0.2, 0) is 4.79 Å². The van der Waals surface area contributed by atoms with Crippen molar-refractivity contribution in [3.05, 3.63) is 59.7 Å². The molecule has 0 fully saturated rings. The lowest BCUT2D eigenvalue weighted by Gasteiger charge is -2.19. The van der Waals surface area contributed by atoms with Crippen LogP contribution in [0.2, 0.25) is 0 Å². The van der Waals surface area contributed by atoms with Crippen molar-refractivity contribution in [2.45, 2.75) is 20.8 Å². The number of carbonyl (C=O) groups excluding carboxylic acids is 3. The fraction of sp³-hybridized carbons (Fsp3) is 0.250. The van der Waals surface area contributed by atoms with Crippen molar-refractivity contribution in [3.63, 3.8) is 0 Å². The van der Waals surface area contributed by atoms with Crippen molar-refractivity contribution in [3.8, 4) is 0 Å². The summed E-state index contributed by atoms with van der Waals surface area (Å²) in [6.45, 7) is 6.54. The maximum absolute atomic E-state index is 12.4. The summed E-state index contributed by atoms with van der Waals surface area (Å²) < 4.78 is 0. The highest BCUT2D eigenvalue weighted by molar-refractivity contribution is 6.05. The van der Waals surface area contributed by atoms with Crippen LogP contribution in [0.5, 0.6) is 0 Å². The van der Waals surface area contributed by atoms with Gasteiger partial charge in [-0.25, -0.2) is 0 Å². The normalized spacial score (nSPS) is 10.1.